The molecule has 37 heavy (non-hydrogen) atoms. The Morgan fingerprint density at radius 2 is 2.00 bits per heavy atom. The van der Waals surface area contributed by atoms with E-state index in [4.69, 9.17) is 11.6 Å². The van der Waals surface area contributed by atoms with E-state index in [0.717, 1.165) is 12.4 Å². The summed E-state index contributed by atoms with van der Waals surface area (Å²) >= 11 is 6.99. The van der Waals surface area contributed by atoms with Crippen LogP contribution in [0.15, 0.2) is 52.5 Å². The number of thioether (sulfide) groups is 1. The van der Waals surface area contributed by atoms with Crippen molar-refractivity contribution in [2.24, 2.45) is 16.8 Å². The maximum Gasteiger partial charge on any atom is 0.416 e. The molecule has 12 heteroatoms. The number of aldehydes is 1. The van der Waals surface area contributed by atoms with Gasteiger partial charge in [0.05, 0.1) is 28.7 Å². The first-order valence-electron chi connectivity index (χ1n) is 11.3. The third kappa shape index (κ3) is 5.16. The zero-order valence-electron chi connectivity index (χ0n) is 19.2. The molecule has 2 atom stereocenters. The van der Waals surface area contributed by atoms with Gasteiger partial charge in [-0.15, -0.1) is 0 Å². The molecule has 3 aromatic rings. The number of aliphatic hydroxyl groups is 1. The number of nitrogens with zero attached hydrogens (tertiary/aromatic N) is 4. The number of alkyl halides is 3. The third-order valence-electron chi connectivity index (χ3n) is 6.44. The van der Waals surface area contributed by atoms with Crippen molar-refractivity contribution in [2.45, 2.75) is 12.7 Å². The summed E-state index contributed by atoms with van der Waals surface area (Å²) in [7, 11) is 0. The van der Waals surface area contributed by atoms with Crippen LogP contribution in [-0.2, 0) is 22.3 Å². The third-order valence-corrected chi connectivity index (χ3v) is 7.72. The number of rotatable bonds is 5. The molecular formula is C25H20ClF3N4O3S. The number of aromatic nitrogens is 2. The van der Waals surface area contributed by atoms with Gasteiger partial charge in [0.15, 0.2) is 5.17 Å². The molecule has 1 fully saturated rings. The van der Waals surface area contributed by atoms with Crippen molar-refractivity contribution in [1.82, 2.24) is 14.7 Å². The number of amides is 1. The van der Waals surface area contributed by atoms with Gasteiger partial charge in [-0.3, -0.25) is 9.48 Å². The average Bonchev–Trinajstić information content (AvgIpc) is 3.56. The summed E-state index contributed by atoms with van der Waals surface area (Å²) in [6.45, 7) is 0.642. The van der Waals surface area contributed by atoms with Gasteiger partial charge in [0.25, 0.3) is 5.91 Å². The first kappa shape index (κ1) is 25.5. The smallest absolute Gasteiger partial charge is 0.396 e. The standard InChI is InChI=1S/C25H20ClF3N4O3S/c26-19-3-2-15(20(7-19)25(27,28)29)11-33-21-4-1-14(5-16(21)8-30-33)6-22-23(36)31-24(37-22)32-9-17(12-34)18(10-32)13-35/h1-8,12,17-18,35H,9-11,13H2/b22-6-. The van der Waals surface area contributed by atoms with E-state index in [2.05, 4.69) is 10.1 Å². The lowest BCUT2D eigenvalue weighted by molar-refractivity contribution is -0.138. The van der Waals surface area contributed by atoms with E-state index in [1.54, 1.807) is 30.5 Å². The Kier molecular flexibility index (Phi) is 6.86. The molecule has 5 rings (SSSR count). The highest BCUT2D eigenvalue weighted by Gasteiger charge is 2.37. The second kappa shape index (κ2) is 9.96. The van der Waals surface area contributed by atoms with E-state index >= 15 is 0 Å². The minimum absolute atomic E-state index is 0.00652. The van der Waals surface area contributed by atoms with Gasteiger partial charge in [-0.2, -0.15) is 23.3 Å². The van der Waals surface area contributed by atoms with Crippen LogP contribution in [0, 0.1) is 11.8 Å². The number of aliphatic hydroxyl groups excluding tert-OH is 1. The maximum atomic E-state index is 13.5. The fourth-order valence-electron chi connectivity index (χ4n) is 4.52. The largest absolute Gasteiger partial charge is 0.416 e. The summed E-state index contributed by atoms with van der Waals surface area (Å²) in [5, 5.41) is 15.0. The van der Waals surface area contributed by atoms with Crippen molar-refractivity contribution < 1.29 is 27.9 Å². The Morgan fingerprint density at radius 1 is 1.19 bits per heavy atom. The van der Waals surface area contributed by atoms with Crippen LogP contribution in [0.25, 0.3) is 17.0 Å². The molecule has 0 saturated carbocycles. The van der Waals surface area contributed by atoms with Crippen LogP contribution < -0.4 is 0 Å². The predicted octanol–water partition coefficient (Wildman–Crippen LogP) is 4.47. The molecule has 2 aliphatic rings. The van der Waals surface area contributed by atoms with Crippen molar-refractivity contribution in [2.75, 3.05) is 19.7 Å². The molecule has 3 heterocycles. The number of fused-ring (bicyclic) bond motifs is 1. The van der Waals surface area contributed by atoms with Gasteiger partial charge in [-0.05, 0) is 53.2 Å². The molecule has 1 amide bonds. The predicted molar refractivity (Wildman–Crippen MR) is 135 cm³/mol. The van der Waals surface area contributed by atoms with Crippen LogP contribution in [-0.4, -0.2) is 56.8 Å². The Hall–Kier alpha value is -3.15. The van der Waals surface area contributed by atoms with Crippen molar-refractivity contribution in [3.63, 3.8) is 0 Å². The first-order chi connectivity index (χ1) is 17.7. The zero-order valence-corrected chi connectivity index (χ0v) is 20.7. The van der Waals surface area contributed by atoms with Crippen LogP contribution in [0.3, 0.4) is 0 Å². The fraction of sp³-hybridized carbons (Fsp3) is 0.280. The molecule has 0 spiro atoms. The Balaban J connectivity index is 1.35. The minimum atomic E-state index is -4.54. The van der Waals surface area contributed by atoms with E-state index in [1.807, 2.05) is 4.90 Å². The van der Waals surface area contributed by atoms with Crippen LogP contribution in [0.2, 0.25) is 5.02 Å². The molecule has 0 bridgehead atoms. The average molecular weight is 549 g/mol. The Morgan fingerprint density at radius 3 is 2.70 bits per heavy atom. The number of hydrogen-bond donors (Lipinski definition) is 1. The van der Waals surface area contributed by atoms with Crippen molar-refractivity contribution in [1.29, 1.82) is 0 Å². The molecule has 0 aliphatic carbocycles. The number of carbonyl (C=O) groups excluding carboxylic acids is 2. The molecule has 0 radical (unpaired) electrons. The second-order valence-electron chi connectivity index (χ2n) is 8.88. The van der Waals surface area contributed by atoms with E-state index in [1.165, 1.54) is 28.6 Å². The second-order valence-corrected chi connectivity index (χ2v) is 10.3. The molecular weight excluding hydrogens is 529 g/mol. The Bertz CT molecular complexity index is 1450. The maximum absolute atomic E-state index is 13.5. The minimum Gasteiger partial charge on any atom is -0.396 e. The van der Waals surface area contributed by atoms with E-state index in [0.29, 0.717) is 39.6 Å². The number of likely N-dealkylation sites (tertiary alicyclic amines) is 1. The highest BCUT2D eigenvalue weighted by atomic mass is 35.5. The molecule has 1 aromatic heterocycles. The monoisotopic (exact) mass is 548 g/mol. The highest BCUT2D eigenvalue weighted by molar-refractivity contribution is 8.18. The van der Waals surface area contributed by atoms with Gasteiger partial charge in [-0.1, -0.05) is 23.7 Å². The lowest BCUT2D eigenvalue weighted by Gasteiger charge is -2.16. The van der Waals surface area contributed by atoms with Crippen molar-refractivity contribution in [3.8, 4) is 0 Å². The Labute approximate surface area is 218 Å². The number of aliphatic imine (C=N–C) groups is 1. The number of carbonyl (C=O) groups is 2. The first-order valence-corrected chi connectivity index (χ1v) is 12.5. The van der Waals surface area contributed by atoms with Gasteiger partial charge in [0, 0.05) is 41.9 Å². The summed E-state index contributed by atoms with van der Waals surface area (Å²) in [6, 6.07) is 8.96. The van der Waals surface area contributed by atoms with Gasteiger partial charge >= 0.3 is 6.18 Å². The molecule has 7 nitrogen and oxygen atoms in total. The molecule has 1 saturated heterocycles. The van der Waals surface area contributed by atoms with Crippen LogP contribution in [0.5, 0.6) is 0 Å². The van der Waals surface area contributed by atoms with Gasteiger partial charge in [-0.25, -0.2) is 0 Å². The highest BCUT2D eigenvalue weighted by Crippen LogP contribution is 2.36. The van der Waals surface area contributed by atoms with Gasteiger partial charge in [0.1, 0.15) is 6.29 Å². The molecule has 1 N–H and O–H groups in total. The summed E-state index contributed by atoms with van der Waals surface area (Å²) in [5.41, 5.74) is 0.593. The SMILES string of the molecule is O=CC1CN(C2=NC(=O)/C(=C/c3ccc4c(cnn4Cc4ccc(Cl)cc4C(F)(F)F)c3)S2)CC1CO. The van der Waals surface area contributed by atoms with Crippen molar-refractivity contribution in [3.05, 3.63) is 69.2 Å². The van der Waals surface area contributed by atoms with Crippen LogP contribution in [0.1, 0.15) is 16.7 Å². The zero-order chi connectivity index (χ0) is 26.3. The van der Waals surface area contributed by atoms with Gasteiger partial charge < -0.3 is 14.8 Å². The number of hydrogen-bond acceptors (Lipinski definition) is 6. The normalized spacial score (nSPS) is 21.3. The summed E-state index contributed by atoms with van der Waals surface area (Å²) < 4.78 is 41.9. The summed E-state index contributed by atoms with van der Waals surface area (Å²) in [4.78, 5) is 30.1. The summed E-state index contributed by atoms with van der Waals surface area (Å²) in [6.07, 6.45) is -0.466. The molecule has 2 aliphatic heterocycles. The summed E-state index contributed by atoms with van der Waals surface area (Å²) in [5.74, 6) is -0.897. The quantitative estimate of drug-likeness (QED) is 0.374. The number of halogens is 4. The van der Waals surface area contributed by atoms with E-state index in [9.17, 15) is 27.9 Å². The number of amidine groups is 1. The van der Waals surface area contributed by atoms with Crippen LogP contribution in [0.4, 0.5) is 13.2 Å². The van der Waals surface area contributed by atoms with Gasteiger partial charge in [0.2, 0.25) is 0 Å². The van der Waals surface area contributed by atoms with E-state index < -0.39 is 17.6 Å². The lowest BCUT2D eigenvalue weighted by Crippen LogP contribution is -2.25. The van der Waals surface area contributed by atoms with Crippen molar-refractivity contribution >= 4 is 57.7 Å². The van der Waals surface area contributed by atoms with Crippen LogP contribution >= 0.6 is 23.4 Å². The molecule has 192 valence electrons. The van der Waals surface area contributed by atoms with E-state index in [-0.39, 0.29) is 35.6 Å². The topological polar surface area (TPSA) is 87.8 Å². The molecule has 2 unspecified atom stereocenters. The fourth-order valence-corrected chi connectivity index (χ4v) is 5.62. The molecule has 2 aromatic carbocycles. The lowest BCUT2D eigenvalue weighted by atomic mass is 9.99. The number of benzene rings is 2.